The van der Waals surface area contributed by atoms with Gasteiger partial charge >= 0.3 is 12.6 Å². The predicted octanol–water partition coefficient (Wildman–Crippen LogP) is 2.72. The molecule has 2 aromatic carbocycles. The summed E-state index contributed by atoms with van der Waals surface area (Å²) < 4.78 is 28.9. The lowest BCUT2D eigenvalue weighted by molar-refractivity contribution is -0.134. The van der Waals surface area contributed by atoms with Gasteiger partial charge < -0.3 is 15.0 Å². The van der Waals surface area contributed by atoms with Crippen LogP contribution in [-0.2, 0) is 15.1 Å². The number of carbonyl (C=O) groups excluding carboxylic acids is 3. The van der Waals surface area contributed by atoms with E-state index in [1.54, 1.807) is 31.3 Å². The smallest absolute Gasteiger partial charge is 0.387 e. The van der Waals surface area contributed by atoms with E-state index < -0.39 is 36.5 Å². The van der Waals surface area contributed by atoms with Crippen LogP contribution in [0.1, 0.15) is 12.5 Å². The van der Waals surface area contributed by atoms with Gasteiger partial charge in [-0.2, -0.15) is 8.78 Å². The minimum atomic E-state index is -2.97. The van der Waals surface area contributed by atoms with Crippen molar-refractivity contribution < 1.29 is 27.9 Å². The molecule has 1 fully saturated rings. The Morgan fingerprint density at radius 3 is 2.34 bits per heavy atom. The molecule has 0 spiro atoms. The average Bonchev–Trinajstić information content (AvgIpc) is 2.92. The van der Waals surface area contributed by atoms with Gasteiger partial charge in [-0.25, -0.2) is 4.79 Å². The van der Waals surface area contributed by atoms with Crippen LogP contribution in [0, 0.1) is 0 Å². The fourth-order valence-electron chi connectivity index (χ4n) is 3.04. The lowest BCUT2D eigenvalue weighted by atomic mass is 9.92. The van der Waals surface area contributed by atoms with Crippen molar-refractivity contribution in [3.63, 3.8) is 0 Å². The van der Waals surface area contributed by atoms with E-state index in [2.05, 4.69) is 10.1 Å². The Kier molecular flexibility index (Phi) is 5.49. The number of nitrogens with zero attached hydrogens (tertiary/aromatic N) is 2. The molecule has 0 radical (unpaired) electrons. The van der Waals surface area contributed by atoms with Gasteiger partial charge in [-0.3, -0.25) is 14.5 Å². The second-order valence-corrected chi connectivity index (χ2v) is 6.64. The molecule has 0 aliphatic carbocycles. The maximum Gasteiger partial charge on any atom is 0.387 e. The summed E-state index contributed by atoms with van der Waals surface area (Å²) in [6, 6.07) is 13.5. The number of likely N-dealkylation sites (N-methyl/N-ethyl adjacent to an activating group) is 1. The van der Waals surface area contributed by atoms with Crippen LogP contribution in [0.15, 0.2) is 54.6 Å². The van der Waals surface area contributed by atoms with Crippen molar-refractivity contribution in [1.82, 2.24) is 10.2 Å². The van der Waals surface area contributed by atoms with Crippen molar-refractivity contribution in [3.8, 4) is 5.75 Å². The van der Waals surface area contributed by atoms with E-state index in [9.17, 15) is 23.2 Å². The van der Waals surface area contributed by atoms with Gasteiger partial charge in [0.05, 0.1) is 0 Å². The van der Waals surface area contributed by atoms with E-state index >= 15 is 0 Å². The van der Waals surface area contributed by atoms with Gasteiger partial charge in [0.25, 0.3) is 5.91 Å². The second kappa shape index (κ2) is 7.86. The molecular formula is C20H19F2N3O4. The van der Waals surface area contributed by atoms with Crippen LogP contribution in [0.25, 0.3) is 0 Å². The third-order valence-corrected chi connectivity index (χ3v) is 4.74. The molecule has 0 saturated carbocycles. The molecule has 1 heterocycles. The van der Waals surface area contributed by atoms with Crippen LogP contribution in [0.5, 0.6) is 5.75 Å². The molecule has 0 bridgehead atoms. The van der Waals surface area contributed by atoms with E-state index in [1.807, 2.05) is 6.07 Å². The topological polar surface area (TPSA) is 79.0 Å². The fourth-order valence-corrected chi connectivity index (χ4v) is 3.04. The highest BCUT2D eigenvalue weighted by Crippen LogP contribution is 2.30. The monoisotopic (exact) mass is 403 g/mol. The maximum atomic E-state index is 12.9. The summed E-state index contributed by atoms with van der Waals surface area (Å²) in [5, 5.41) is 2.57. The van der Waals surface area contributed by atoms with Gasteiger partial charge in [0.15, 0.2) is 0 Å². The zero-order valence-electron chi connectivity index (χ0n) is 15.8. The Labute approximate surface area is 165 Å². The zero-order valence-corrected chi connectivity index (χ0v) is 15.8. The number of nitrogens with one attached hydrogen (secondary N) is 1. The summed E-state index contributed by atoms with van der Waals surface area (Å²) >= 11 is 0. The van der Waals surface area contributed by atoms with Crippen LogP contribution in [0.2, 0.25) is 0 Å². The normalized spacial score (nSPS) is 18.7. The summed E-state index contributed by atoms with van der Waals surface area (Å²) in [6.45, 7) is -1.91. The Morgan fingerprint density at radius 1 is 1.14 bits per heavy atom. The quantitative estimate of drug-likeness (QED) is 0.753. The van der Waals surface area contributed by atoms with Crippen molar-refractivity contribution in [2.24, 2.45) is 0 Å². The molecule has 1 N–H and O–H groups in total. The van der Waals surface area contributed by atoms with Crippen molar-refractivity contribution in [2.45, 2.75) is 19.1 Å². The molecule has 4 amide bonds. The van der Waals surface area contributed by atoms with Gasteiger partial charge in [-0.15, -0.1) is 0 Å². The molecule has 9 heteroatoms. The van der Waals surface area contributed by atoms with Crippen molar-refractivity contribution in [2.75, 3.05) is 18.5 Å². The molecule has 1 unspecified atom stereocenters. The number of alkyl halides is 2. The van der Waals surface area contributed by atoms with Gasteiger partial charge in [-0.1, -0.05) is 30.3 Å². The third kappa shape index (κ3) is 4.03. The van der Waals surface area contributed by atoms with Crippen molar-refractivity contribution in [1.29, 1.82) is 0 Å². The largest absolute Gasteiger partial charge is 0.435 e. The van der Waals surface area contributed by atoms with Crippen LogP contribution >= 0.6 is 0 Å². The van der Waals surface area contributed by atoms with Gasteiger partial charge in [0.1, 0.15) is 17.8 Å². The molecule has 29 heavy (non-hydrogen) atoms. The molecule has 1 aliphatic heterocycles. The van der Waals surface area contributed by atoms with Gasteiger partial charge in [0.2, 0.25) is 5.91 Å². The van der Waals surface area contributed by atoms with Crippen LogP contribution in [0.4, 0.5) is 19.3 Å². The lowest BCUT2D eigenvalue weighted by Gasteiger charge is -2.23. The minimum absolute atomic E-state index is 0.0688. The van der Waals surface area contributed by atoms with E-state index in [1.165, 1.54) is 36.1 Å². The lowest BCUT2D eigenvalue weighted by Crippen LogP contribution is -2.43. The van der Waals surface area contributed by atoms with E-state index in [0.29, 0.717) is 11.3 Å². The molecular weight excluding hydrogens is 384 g/mol. The highest BCUT2D eigenvalue weighted by molar-refractivity contribution is 6.10. The number of anilines is 1. The first kappa shape index (κ1) is 20.2. The minimum Gasteiger partial charge on any atom is -0.435 e. The number of benzene rings is 2. The number of rotatable bonds is 6. The number of hydrogen-bond donors (Lipinski definition) is 1. The first-order valence-electron chi connectivity index (χ1n) is 8.73. The van der Waals surface area contributed by atoms with Crippen molar-refractivity contribution in [3.05, 3.63) is 60.2 Å². The summed E-state index contributed by atoms with van der Waals surface area (Å²) in [7, 11) is 1.55. The molecule has 1 saturated heterocycles. The van der Waals surface area contributed by atoms with Crippen LogP contribution in [-0.4, -0.2) is 42.9 Å². The zero-order chi connectivity index (χ0) is 21.2. The summed E-state index contributed by atoms with van der Waals surface area (Å²) in [5.74, 6) is -1.12. The average molecular weight is 403 g/mol. The van der Waals surface area contributed by atoms with Gasteiger partial charge in [0, 0.05) is 12.7 Å². The number of carbonyl (C=O) groups is 3. The number of amides is 4. The molecule has 152 valence electrons. The maximum absolute atomic E-state index is 12.9. The SMILES string of the molecule is CN(C(=O)CN1C(=O)NC(C)(c2ccc(OC(F)F)cc2)C1=O)c1ccccc1. The highest BCUT2D eigenvalue weighted by Gasteiger charge is 2.49. The fraction of sp³-hybridized carbons (Fsp3) is 0.250. The first-order valence-corrected chi connectivity index (χ1v) is 8.73. The number of imide groups is 1. The Hall–Kier alpha value is -3.49. The first-order chi connectivity index (χ1) is 13.7. The number of hydrogen-bond acceptors (Lipinski definition) is 4. The molecule has 7 nitrogen and oxygen atoms in total. The highest BCUT2D eigenvalue weighted by atomic mass is 19.3. The predicted molar refractivity (Wildman–Crippen MR) is 101 cm³/mol. The molecule has 1 atom stereocenters. The molecule has 3 rings (SSSR count). The summed E-state index contributed by atoms with van der Waals surface area (Å²) in [5.41, 5.74) is -0.419. The Balaban J connectivity index is 1.75. The van der Waals surface area contributed by atoms with Crippen LogP contribution < -0.4 is 15.0 Å². The Bertz CT molecular complexity index is 921. The molecule has 2 aromatic rings. The van der Waals surface area contributed by atoms with E-state index in [0.717, 1.165) is 4.90 Å². The van der Waals surface area contributed by atoms with Crippen molar-refractivity contribution >= 4 is 23.5 Å². The molecule has 1 aliphatic rings. The molecule has 0 aromatic heterocycles. The number of ether oxygens (including phenoxy) is 1. The number of urea groups is 1. The summed E-state index contributed by atoms with van der Waals surface area (Å²) in [6.07, 6.45) is 0. The van der Waals surface area contributed by atoms with E-state index in [4.69, 9.17) is 0 Å². The number of halogens is 2. The standard InChI is InChI=1S/C20H19F2N3O4/c1-20(13-8-10-15(11-9-13)29-18(21)22)17(27)25(19(28)23-20)12-16(26)24(2)14-6-4-3-5-7-14/h3-11,18H,12H2,1-2H3,(H,23,28). The number of para-hydroxylation sites is 1. The third-order valence-electron chi connectivity index (χ3n) is 4.74. The van der Waals surface area contributed by atoms with Crippen LogP contribution in [0.3, 0.4) is 0 Å². The summed E-state index contributed by atoms with van der Waals surface area (Å²) in [4.78, 5) is 40.0. The Morgan fingerprint density at radius 2 is 1.76 bits per heavy atom. The van der Waals surface area contributed by atoms with Gasteiger partial charge in [-0.05, 0) is 36.8 Å². The second-order valence-electron chi connectivity index (χ2n) is 6.64. The van der Waals surface area contributed by atoms with E-state index in [-0.39, 0.29) is 5.75 Å².